The second-order valence-electron chi connectivity index (χ2n) is 4.98. The van der Waals surface area contributed by atoms with E-state index in [0.717, 1.165) is 24.6 Å². The number of hydrogen-bond donors (Lipinski definition) is 2. The van der Waals surface area contributed by atoms with E-state index in [4.69, 9.17) is 0 Å². The lowest BCUT2D eigenvalue weighted by Gasteiger charge is -2.17. The van der Waals surface area contributed by atoms with E-state index in [2.05, 4.69) is 41.4 Å². The highest BCUT2D eigenvalue weighted by Crippen LogP contribution is 2.32. The predicted octanol–water partition coefficient (Wildman–Crippen LogP) is 3.00. The van der Waals surface area contributed by atoms with Crippen molar-refractivity contribution in [2.45, 2.75) is 52.0 Å². The molecule has 1 aliphatic carbocycles. The maximum atomic E-state index is 4.39. The molecule has 0 saturated heterocycles. The van der Waals surface area contributed by atoms with Gasteiger partial charge in [-0.2, -0.15) is 0 Å². The Balaban J connectivity index is 2.23. The number of nitrogens with zero attached hydrogens (tertiary/aromatic N) is 2. The van der Waals surface area contributed by atoms with Gasteiger partial charge in [0, 0.05) is 18.2 Å². The largest absolute Gasteiger partial charge is 0.370 e. The third-order valence-corrected chi connectivity index (χ3v) is 2.92. The summed E-state index contributed by atoms with van der Waals surface area (Å²) >= 11 is 0. The van der Waals surface area contributed by atoms with E-state index >= 15 is 0 Å². The standard InChI is InChI=1S/C13H22N4/c1-4-7-14-12-11(9(2)3)13(16-8-15-12)17-10-5-6-10/h8-10H,4-7H2,1-3H3,(H2,14,15,16,17). The van der Waals surface area contributed by atoms with E-state index in [1.807, 2.05) is 0 Å². The lowest BCUT2D eigenvalue weighted by molar-refractivity contribution is 0.839. The van der Waals surface area contributed by atoms with Gasteiger partial charge in [-0.3, -0.25) is 0 Å². The van der Waals surface area contributed by atoms with Crippen LogP contribution in [0.3, 0.4) is 0 Å². The molecule has 0 aliphatic heterocycles. The minimum Gasteiger partial charge on any atom is -0.370 e. The molecule has 1 aliphatic rings. The van der Waals surface area contributed by atoms with Gasteiger partial charge in [-0.05, 0) is 25.2 Å². The lowest BCUT2D eigenvalue weighted by atomic mass is 10.0. The Bertz CT molecular complexity index is 372. The average molecular weight is 234 g/mol. The van der Waals surface area contributed by atoms with Gasteiger partial charge >= 0.3 is 0 Å². The van der Waals surface area contributed by atoms with Crippen LogP contribution in [0.25, 0.3) is 0 Å². The second kappa shape index (κ2) is 5.34. The molecule has 17 heavy (non-hydrogen) atoms. The summed E-state index contributed by atoms with van der Waals surface area (Å²) in [6.07, 6.45) is 5.28. The fourth-order valence-corrected chi connectivity index (χ4v) is 1.86. The summed E-state index contributed by atoms with van der Waals surface area (Å²) in [7, 11) is 0. The summed E-state index contributed by atoms with van der Waals surface area (Å²) < 4.78 is 0. The van der Waals surface area contributed by atoms with Crippen molar-refractivity contribution >= 4 is 11.6 Å². The van der Waals surface area contributed by atoms with Crippen LogP contribution in [-0.2, 0) is 0 Å². The van der Waals surface area contributed by atoms with Gasteiger partial charge in [0.05, 0.1) is 0 Å². The molecule has 4 nitrogen and oxygen atoms in total. The monoisotopic (exact) mass is 234 g/mol. The number of rotatable bonds is 6. The van der Waals surface area contributed by atoms with E-state index in [9.17, 15) is 0 Å². The zero-order valence-corrected chi connectivity index (χ0v) is 11.0. The van der Waals surface area contributed by atoms with Gasteiger partial charge in [0.2, 0.25) is 0 Å². The van der Waals surface area contributed by atoms with Crippen molar-refractivity contribution in [2.75, 3.05) is 17.2 Å². The molecule has 2 N–H and O–H groups in total. The van der Waals surface area contributed by atoms with Gasteiger partial charge in [0.15, 0.2) is 0 Å². The van der Waals surface area contributed by atoms with Gasteiger partial charge in [0.25, 0.3) is 0 Å². The molecule has 1 heterocycles. The quantitative estimate of drug-likeness (QED) is 0.794. The van der Waals surface area contributed by atoms with E-state index in [0.29, 0.717) is 12.0 Å². The summed E-state index contributed by atoms with van der Waals surface area (Å²) in [5.74, 6) is 2.42. The third kappa shape index (κ3) is 3.08. The predicted molar refractivity (Wildman–Crippen MR) is 71.5 cm³/mol. The minimum atomic E-state index is 0.428. The first-order valence-corrected chi connectivity index (χ1v) is 6.57. The van der Waals surface area contributed by atoms with E-state index in [1.54, 1.807) is 6.33 Å². The molecule has 0 radical (unpaired) electrons. The SMILES string of the molecule is CCCNc1ncnc(NC2CC2)c1C(C)C. The van der Waals surface area contributed by atoms with Crippen LogP contribution >= 0.6 is 0 Å². The normalized spacial score (nSPS) is 15.1. The van der Waals surface area contributed by atoms with Crippen LogP contribution in [0.1, 0.15) is 51.5 Å². The van der Waals surface area contributed by atoms with Crippen molar-refractivity contribution in [1.29, 1.82) is 0 Å². The van der Waals surface area contributed by atoms with E-state index in [-0.39, 0.29) is 0 Å². The number of aromatic nitrogens is 2. The topological polar surface area (TPSA) is 49.8 Å². The van der Waals surface area contributed by atoms with Crippen molar-refractivity contribution < 1.29 is 0 Å². The molecule has 0 atom stereocenters. The summed E-state index contributed by atoms with van der Waals surface area (Å²) in [5.41, 5.74) is 1.22. The van der Waals surface area contributed by atoms with Crippen molar-refractivity contribution in [2.24, 2.45) is 0 Å². The zero-order chi connectivity index (χ0) is 12.3. The third-order valence-electron chi connectivity index (χ3n) is 2.92. The molecular weight excluding hydrogens is 212 g/mol. The van der Waals surface area contributed by atoms with Crippen molar-refractivity contribution in [3.8, 4) is 0 Å². The molecule has 0 bridgehead atoms. The first-order valence-electron chi connectivity index (χ1n) is 6.57. The molecule has 0 unspecified atom stereocenters. The Kier molecular flexibility index (Phi) is 3.82. The fourth-order valence-electron chi connectivity index (χ4n) is 1.86. The first-order chi connectivity index (χ1) is 8.22. The van der Waals surface area contributed by atoms with Crippen molar-refractivity contribution in [3.05, 3.63) is 11.9 Å². The number of hydrogen-bond acceptors (Lipinski definition) is 4. The Morgan fingerprint density at radius 2 is 2.00 bits per heavy atom. The molecule has 1 saturated carbocycles. The summed E-state index contributed by atoms with van der Waals surface area (Å²) in [6, 6.07) is 0.626. The van der Waals surface area contributed by atoms with E-state index < -0.39 is 0 Å². The highest BCUT2D eigenvalue weighted by Gasteiger charge is 2.24. The van der Waals surface area contributed by atoms with Gasteiger partial charge in [-0.1, -0.05) is 20.8 Å². The van der Waals surface area contributed by atoms with Crippen LogP contribution in [0.4, 0.5) is 11.6 Å². The van der Waals surface area contributed by atoms with Crippen LogP contribution in [0.5, 0.6) is 0 Å². The Morgan fingerprint density at radius 3 is 2.59 bits per heavy atom. The maximum Gasteiger partial charge on any atom is 0.135 e. The summed E-state index contributed by atoms with van der Waals surface area (Å²) in [5, 5.41) is 6.88. The van der Waals surface area contributed by atoms with Gasteiger partial charge < -0.3 is 10.6 Å². The molecular formula is C13H22N4. The van der Waals surface area contributed by atoms with Crippen LogP contribution in [0, 0.1) is 0 Å². The molecule has 0 spiro atoms. The Labute approximate surface area is 103 Å². The van der Waals surface area contributed by atoms with Gasteiger partial charge in [-0.15, -0.1) is 0 Å². The smallest absolute Gasteiger partial charge is 0.135 e. The second-order valence-corrected chi connectivity index (χ2v) is 4.98. The van der Waals surface area contributed by atoms with Gasteiger partial charge in [0.1, 0.15) is 18.0 Å². The summed E-state index contributed by atoms with van der Waals surface area (Å²) in [4.78, 5) is 8.75. The van der Waals surface area contributed by atoms with Crippen LogP contribution < -0.4 is 10.6 Å². The fraction of sp³-hybridized carbons (Fsp3) is 0.692. The van der Waals surface area contributed by atoms with Crippen LogP contribution in [0.2, 0.25) is 0 Å². The number of anilines is 2. The Morgan fingerprint density at radius 1 is 1.29 bits per heavy atom. The molecule has 94 valence electrons. The molecule has 4 heteroatoms. The lowest BCUT2D eigenvalue weighted by Crippen LogP contribution is -2.12. The highest BCUT2D eigenvalue weighted by atomic mass is 15.1. The van der Waals surface area contributed by atoms with E-state index in [1.165, 1.54) is 18.4 Å². The van der Waals surface area contributed by atoms with Crippen LogP contribution in [-0.4, -0.2) is 22.6 Å². The number of nitrogens with one attached hydrogen (secondary N) is 2. The van der Waals surface area contributed by atoms with Crippen molar-refractivity contribution in [1.82, 2.24) is 9.97 Å². The van der Waals surface area contributed by atoms with Gasteiger partial charge in [-0.25, -0.2) is 9.97 Å². The summed E-state index contributed by atoms with van der Waals surface area (Å²) in [6.45, 7) is 7.49. The first kappa shape index (κ1) is 12.1. The Hall–Kier alpha value is -1.32. The minimum absolute atomic E-state index is 0.428. The molecule has 0 aromatic carbocycles. The van der Waals surface area contributed by atoms with Crippen molar-refractivity contribution in [3.63, 3.8) is 0 Å². The molecule has 0 amide bonds. The molecule has 2 rings (SSSR count). The molecule has 1 aromatic heterocycles. The highest BCUT2D eigenvalue weighted by molar-refractivity contribution is 5.59. The molecule has 1 fully saturated rings. The maximum absolute atomic E-state index is 4.39. The van der Waals surface area contributed by atoms with Crippen LogP contribution in [0.15, 0.2) is 6.33 Å². The average Bonchev–Trinajstić information content (AvgIpc) is 3.10. The molecule has 1 aromatic rings. The zero-order valence-electron chi connectivity index (χ0n) is 11.0.